The van der Waals surface area contributed by atoms with Crippen molar-refractivity contribution in [3.8, 4) is 0 Å². The molecule has 0 N–H and O–H groups in total. The van der Waals surface area contributed by atoms with Crippen LogP contribution < -0.4 is 5.69 Å². The zero-order valence-electron chi connectivity index (χ0n) is 10.2. The quantitative estimate of drug-likeness (QED) is 0.774. The van der Waals surface area contributed by atoms with Crippen molar-refractivity contribution in [3.63, 3.8) is 0 Å². The third kappa shape index (κ3) is 2.87. The number of hydrogen-bond donors (Lipinski definition) is 0. The van der Waals surface area contributed by atoms with Crippen molar-refractivity contribution in [3.05, 3.63) is 58.8 Å². The van der Waals surface area contributed by atoms with Crippen LogP contribution in [0.25, 0.3) is 0 Å². The van der Waals surface area contributed by atoms with Crippen LogP contribution >= 0.6 is 0 Å². The lowest BCUT2D eigenvalue weighted by molar-refractivity contribution is 0.601. The Morgan fingerprint density at radius 3 is 2.29 bits per heavy atom. The summed E-state index contributed by atoms with van der Waals surface area (Å²) >= 11 is 0. The molecule has 3 nitrogen and oxygen atoms in total. The minimum absolute atomic E-state index is 0.0998. The Bertz CT molecular complexity index is 511. The molecule has 0 bridgehead atoms. The van der Waals surface area contributed by atoms with Crippen LogP contribution in [-0.2, 0) is 19.5 Å². The summed E-state index contributed by atoms with van der Waals surface area (Å²) in [5, 5.41) is 0. The van der Waals surface area contributed by atoms with Crippen molar-refractivity contribution >= 4 is 0 Å². The summed E-state index contributed by atoms with van der Waals surface area (Å²) in [6.07, 6.45) is 5.64. The maximum absolute atomic E-state index is 11.9. The first-order chi connectivity index (χ1) is 8.31. The molecule has 0 radical (unpaired) electrons. The van der Waals surface area contributed by atoms with E-state index in [9.17, 15) is 4.79 Å². The van der Waals surface area contributed by atoms with Gasteiger partial charge >= 0.3 is 5.69 Å². The SMILES string of the molecule is CCCn1ccn(CCc2ccccc2)c1=O. The van der Waals surface area contributed by atoms with E-state index in [1.807, 2.05) is 30.6 Å². The Balaban J connectivity index is 2.02. The molecule has 0 fully saturated rings. The highest BCUT2D eigenvalue weighted by Crippen LogP contribution is 2.00. The van der Waals surface area contributed by atoms with E-state index < -0.39 is 0 Å². The summed E-state index contributed by atoms with van der Waals surface area (Å²) in [5.41, 5.74) is 1.37. The van der Waals surface area contributed by atoms with E-state index in [0.29, 0.717) is 0 Å². The predicted octanol–water partition coefficient (Wildman–Crippen LogP) is 2.30. The summed E-state index contributed by atoms with van der Waals surface area (Å²) in [4.78, 5) is 11.9. The highest BCUT2D eigenvalue weighted by molar-refractivity contribution is 5.14. The molecule has 0 aliphatic heterocycles. The van der Waals surface area contributed by atoms with Gasteiger partial charge in [-0.2, -0.15) is 0 Å². The van der Waals surface area contributed by atoms with Crippen molar-refractivity contribution < 1.29 is 0 Å². The Kier molecular flexibility index (Phi) is 3.81. The van der Waals surface area contributed by atoms with Crippen LogP contribution in [0.1, 0.15) is 18.9 Å². The molecular formula is C14H18N2O. The van der Waals surface area contributed by atoms with Gasteiger partial charge in [0, 0.05) is 25.5 Å². The monoisotopic (exact) mass is 230 g/mol. The van der Waals surface area contributed by atoms with E-state index in [1.54, 1.807) is 9.13 Å². The molecule has 0 spiro atoms. The van der Waals surface area contributed by atoms with Crippen molar-refractivity contribution in [1.82, 2.24) is 9.13 Å². The number of rotatable bonds is 5. The van der Waals surface area contributed by atoms with Crippen LogP contribution in [0.2, 0.25) is 0 Å². The summed E-state index contributed by atoms with van der Waals surface area (Å²) in [7, 11) is 0. The Labute approximate surface area is 101 Å². The van der Waals surface area contributed by atoms with Gasteiger partial charge in [0.25, 0.3) is 0 Å². The molecule has 1 aromatic heterocycles. The fraction of sp³-hybridized carbons (Fsp3) is 0.357. The van der Waals surface area contributed by atoms with Crippen molar-refractivity contribution in [2.45, 2.75) is 32.9 Å². The van der Waals surface area contributed by atoms with E-state index in [2.05, 4.69) is 19.1 Å². The van der Waals surface area contributed by atoms with Gasteiger partial charge in [-0.1, -0.05) is 37.3 Å². The molecule has 0 aliphatic carbocycles. The van der Waals surface area contributed by atoms with Crippen LogP contribution in [0.15, 0.2) is 47.5 Å². The van der Waals surface area contributed by atoms with Crippen molar-refractivity contribution in [2.75, 3.05) is 0 Å². The van der Waals surface area contributed by atoms with E-state index in [1.165, 1.54) is 5.56 Å². The number of aromatic nitrogens is 2. The molecule has 3 heteroatoms. The zero-order chi connectivity index (χ0) is 12.1. The third-order valence-corrected chi connectivity index (χ3v) is 2.87. The van der Waals surface area contributed by atoms with Gasteiger partial charge in [-0.15, -0.1) is 0 Å². The Hall–Kier alpha value is -1.77. The average Bonchev–Trinajstić information content (AvgIpc) is 2.70. The zero-order valence-corrected chi connectivity index (χ0v) is 10.2. The third-order valence-electron chi connectivity index (χ3n) is 2.87. The van der Waals surface area contributed by atoms with Crippen LogP contribution in [0.3, 0.4) is 0 Å². The second kappa shape index (κ2) is 5.53. The summed E-state index contributed by atoms with van der Waals surface area (Å²) in [6.45, 7) is 3.63. The number of aryl methyl sites for hydroxylation is 3. The largest absolute Gasteiger partial charge is 0.328 e. The smallest absolute Gasteiger partial charge is 0.299 e. The number of hydrogen-bond acceptors (Lipinski definition) is 1. The van der Waals surface area contributed by atoms with E-state index in [-0.39, 0.29) is 5.69 Å². The number of benzene rings is 1. The molecular weight excluding hydrogens is 212 g/mol. The lowest BCUT2D eigenvalue weighted by atomic mass is 10.1. The molecule has 1 aromatic carbocycles. The van der Waals surface area contributed by atoms with Gasteiger partial charge in [0.15, 0.2) is 0 Å². The van der Waals surface area contributed by atoms with E-state index in [4.69, 9.17) is 0 Å². The fourth-order valence-electron chi connectivity index (χ4n) is 1.93. The van der Waals surface area contributed by atoms with Gasteiger partial charge < -0.3 is 0 Å². The molecule has 0 atom stereocenters. The number of nitrogens with zero attached hydrogens (tertiary/aromatic N) is 2. The highest BCUT2D eigenvalue weighted by atomic mass is 16.1. The van der Waals surface area contributed by atoms with Crippen molar-refractivity contribution in [2.24, 2.45) is 0 Å². The maximum atomic E-state index is 11.9. The van der Waals surface area contributed by atoms with Gasteiger partial charge in [-0.25, -0.2) is 4.79 Å². The van der Waals surface area contributed by atoms with Gasteiger partial charge in [-0.3, -0.25) is 9.13 Å². The van der Waals surface area contributed by atoms with Crippen LogP contribution in [-0.4, -0.2) is 9.13 Å². The summed E-state index contributed by atoms with van der Waals surface area (Å²) in [5.74, 6) is 0. The highest BCUT2D eigenvalue weighted by Gasteiger charge is 2.02. The minimum Gasteiger partial charge on any atom is -0.299 e. The first kappa shape index (κ1) is 11.7. The molecule has 0 unspecified atom stereocenters. The van der Waals surface area contributed by atoms with E-state index >= 15 is 0 Å². The van der Waals surface area contributed by atoms with Gasteiger partial charge in [-0.05, 0) is 18.4 Å². The number of imidazole rings is 1. The molecule has 17 heavy (non-hydrogen) atoms. The predicted molar refractivity (Wildman–Crippen MR) is 69.1 cm³/mol. The fourth-order valence-corrected chi connectivity index (χ4v) is 1.93. The van der Waals surface area contributed by atoms with Crippen LogP contribution in [0.4, 0.5) is 0 Å². The molecule has 2 rings (SSSR count). The van der Waals surface area contributed by atoms with Crippen LogP contribution in [0.5, 0.6) is 0 Å². The molecule has 1 heterocycles. The summed E-state index contributed by atoms with van der Waals surface area (Å²) < 4.78 is 3.55. The maximum Gasteiger partial charge on any atom is 0.328 e. The molecule has 90 valence electrons. The minimum atomic E-state index is 0.0998. The second-order valence-electron chi connectivity index (χ2n) is 4.20. The standard InChI is InChI=1S/C14H18N2O/c1-2-9-15-11-12-16(14(15)17)10-8-13-6-4-3-5-7-13/h3-7,11-12H,2,8-10H2,1H3. The van der Waals surface area contributed by atoms with E-state index in [0.717, 1.165) is 25.9 Å². The van der Waals surface area contributed by atoms with Crippen molar-refractivity contribution in [1.29, 1.82) is 0 Å². The average molecular weight is 230 g/mol. The lowest BCUT2D eigenvalue weighted by Crippen LogP contribution is -2.24. The summed E-state index contributed by atoms with van der Waals surface area (Å²) in [6, 6.07) is 10.2. The topological polar surface area (TPSA) is 26.9 Å². The lowest BCUT2D eigenvalue weighted by Gasteiger charge is -2.02. The van der Waals surface area contributed by atoms with Crippen LogP contribution in [0, 0.1) is 0 Å². The first-order valence-electron chi connectivity index (χ1n) is 6.10. The molecule has 2 aromatic rings. The Morgan fingerprint density at radius 2 is 1.65 bits per heavy atom. The van der Waals surface area contributed by atoms with Gasteiger partial charge in [0.1, 0.15) is 0 Å². The van der Waals surface area contributed by atoms with Gasteiger partial charge in [0.2, 0.25) is 0 Å². The molecule has 0 saturated heterocycles. The second-order valence-corrected chi connectivity index (χ2v) is 4.20. The Morgan fingerprint density at radius 1 is 1.00 bits per heavy atom. The molecule has 0 aliphatic rings. The molecule has 0 amide bonds. The molecule has 0 saturated carbocycles. The van der Waals surface area contributed by atoms with Gasteiger partial charge in [0.05, 0.1) is 0 Å². The normalized spacial score (nSPS) is 10.6. The first-order valence-corrected chi connectivity index (χ1v) is 6.10.